The van der Waals surface area contributed by atoms with E-state index in [1.807, 2.05) is 31.7 Å². The third-order valence-corrected chi connectivity index (χ3v) is 14.4. The lowest BCUT2D eigenvalue weighted by Gasteiger charge is -2.46. The topological polar surface area (TPSA) is 76.8 Å². The molecule has 1 amide bonds. The van der Waals surface area contributed by atoms with E-state index in [9.17, 15) is 4.79 Å². The molecule has 0 aromatic heterocycles. The first kappa shape index (κ1) is 33.7. The van der Waals surface area contributed by atoms with Crippen molar-refractivity contribution < 1.29 is 18.3 Å². The molecule has 1 spiro atoms. The normalized spacial score (nSPS) is 19.3. The number of ether oxygens (including phenoxy) is 1. The number of nitrogen functional groups attached to an aromatic ring is 1. The van der Waals surface area contributed by atoms with Crippen LogP contribution in [0.25, 0.3) is 0 Å². The van der Waals surface area contributed by atoms with Gasteiger partial charge in [-0.2, -0.15) is 0 Å². The Hall–Kier alpha value is -1.80. The molecule has 1 saturated heterocycles. The summed E-state index contributed by atoms with van der Waals surface area (Å²) in [7, 11) is -1.70. The van der Waals surface area contributed by atoms with Crippen LogP contribution < -0.4 is 11.1 Å². The number of nitrogens with zero attached hydrogens (tertiary/aromatic N) is 1. The Labute approximate surface area is 250 Å². The lowest BCUT2D eigenvalue weighted by Crippen LogP contribution is -2.46. The number of hydrogen-bond acceptors (Lipinski definition) is 5. The van der Waals surface area contributed by atoms with Gasteiger partial charge in [0.1, 0.15) is 11.4 Å². The fourth-order valence-electron chi connectivity index (χ4n) is 5.96. The van der Waals surface area contributed by atoms with Gasteiger partial charge < -0.3 is 25.1 Å². The van der Waals surface area contributed by atoms with Crippen LogP contribution in [0.15, 0.2) is 12.1 Å². The van der Waals surface area contributed by atoms with Crippen molar-refractivity contribution in [3.05, 3.63) is 23.5 Å². The highest BCUT2D eigenvalue weighted by Gasteiger charge is 2.40. The summed E-state index contributed by atoms with van der Waals surface area (Å²) < 4.78 is 27.0. The summed E-state index contributed by atoms with van der Waals surface area (Å²) in [6.07, 6.45) is 7.97. The second-order valence-corrected chi connectivity index (χ2v) is 20.2. The number of anilines is 2. The first-order valence-corrected chi connectivity index (χ1v) is 18.8. The Kier molecular flexibility index (Phi) is 10.9. The molecule has 1 aliphatic heterocycles. The molecular formula is C33H58FN3O3Si. The molecule has 8 heteroatoms. The maximum atomic E-state index is 15.1. The highest BCUT2D eigenvalue weighted by Crippen LogP contribution is 2.49. The second kappa shape index (κ2) is 13.2. The van der Waals surface area contributed by atoms with Crippen molar-refractivity contribution in [3.8, 4) is 0 Å². The van der Waals surface area contributed by atoms with E-state index in [1.165, 1.54) is 6.07 Å². The third-order valence-electron chi connectivity index (χ3n) is 9.88. The van der Waals surface area contributed by atoms with E-state index < -0.39 is 13.9 Å². The molecule has 3 rings (SSSR count). The standard InChI is InChI=1S/C33H58FN3O3Si/c1-24(11-10-20-39-41(8,9)32(5,6)7)23-36-29-21-26(27(34)22-28(29)35)25-12-14-33(15-13-25)16-18-37(19-17-33)30(38)40-31(2,3)4/h21-22,24-25,36H,10-20,23,35H2,1-9H3/t24-/m1/s1. The Morgan fingerprint density at radius 1 is 1.12 bits per heavy atom. The molecule has 3 N–H and O–H groups in total. The maximum Gasteiger partial charge on any atom is 0.410 e. The van der Waals surface area contributed by atoms with Gasteiger partial charge in [-0.1, -0.05) is 27.7 Å². The quantitative estimate of drug-likeness (QED) is 0.170. The van der Waals surface area contributed by atoms with Crippen LogP contribution in [-0.2, 0) is 9.16 Å². The number of rotatable bonds is 9. The summed E-state index contributed by atoms with van der Waals surface area (Å²) >= 11 is 0. The highest BCUT2D eigenvalue weighted by molar-refractivity contribution is 6.74. The monoisotopic (exact) mass is 591 g/mol. The Morgan fingerprint density at radius 3 is 2.29 bits per heavy atom. The Bertz CT molecular complexity index is 1020. The van der Waals surface area contributed by atoms with Crippen LogP contribution in [0.3, 0.4) is 0 Å². The minimum absolute atomic E-state index is 0.190. The van der Waals surface area contributed by atoms with Gasteiger partial charge in [0.25, 0.3) is 0 Å². The van der Waals surface area contributed by atoms with Crippen molar-refractivity contribution in [3.63, 3.8) is 0 Å². The summed E-state index contributed by atoms with van der Waals surface area (Å²) in [4.78, 5) is 14.3. The van der Waals surface area contributed by atoms with Crippen LogP contribution in [0.5, 0.6) is 0 Å². The minimum Gasteiger partial charge on any atom is -0.444 e. The molecule has 1 aromatic carbocycles. The SMILES string of the molecule is C[C@H](CCCO[Si](C)(C)C(C)(C)C)CNc1cc(C2CCC3(CC2)CCN(C(=O)OC(C)(C)C)CC3)c(F)cc1N. The molecule has 1 atom stereocenters. The number of halogens is 1. The first-order chi connectivity index (χ1) is 18.9. The molecule has 234 valence electrons. The molecule has 6 nitrogen and oxygen atoms in total. The first-order valence-electron chi connectivity index (χ1n) is 15.9. The largest absolute Gasteiger partial charge is 0.444 e. The van der Waals surface area contributed by atoms with Gasteiger partial charge in [-0.05, 0) is 125 Å². The molecule has 0 radical (unpaired) electrons. The van der Waals surface area contributed by atoms with Crippen molar-refractivity contribution in [2.45, 2.75) is 129 Å². The van der Waals surface area contributed by atoms with Crippen LogP contribution in [0.1, 0.15) is 111 Å². The summed E-state index contributed by atoms with van der Waals surface area (Å²) in [6.45, 7) is 22.5. The fourth-order valence-corrected chi connectivity index (χ4v) is 7.05. The van der Waals surface area contributed by atoms with Crippen molar-refractivity contribution in [1.29, 1.82) is 0 Å². The van der Waals surface area contributed by atoms with Crippen LogP contribution in [-0.4, -0.2) is 51.2 Å². The summed E-state index contributed by atoms with van der Waals surface area (Å²) in [5.41, 5.74) is 8.13. The van der Waals surface area contributed by atoms with E-state index in [1.54, 1.807) is 0 Å². The van der Waals surface area contributed by atoms with Crippen LogP contribution in [0, 0.1) is 17.2 Å². The molecule has 2 fully saturated rings. The Morgan fingerprint density at radius 2 is 1.73 bits per heavy atom. The summed E-state index contributed by atoms with van der Waals surface area (Å²) in [5, 5.41) is 3.75. The van der Waals surface area contributed by atoms with Crippen molar-refractivity contribution in [2.75, 3.05) is 37.3 Å². The van der Waals surface area contributed by atoms with E-state index in [-0.39, 0.29) is 28.3 Å². The number of hydrogen-bond donors (Lipinski definition) is 2. The van der Waals surface area contributed by atoms with E-state index in [4.69, 9.17) is 14.9 Å². The molecule has 0 unspecified atom stereocenters. The number of benzene rings is 1. The van der Waals surface area contributed by atoms with Gasteiger partial charge in [0, 0.05) is 26.2 Å². The molecular weight excluding hydrogens is 533 g/mol. The average molecular weight is 592 g/mol. The smallest absolute Gasteiger partial charge is 0.410 e. The van der Waals surface area contributed by atoms with Crippen LogP contribution >= 0.6 is 0 Å². The van der Waals surface area contributed by atoms with Gasteiger partial charge in [0.15, 0.2) is 8.32 Å². The van der Waals surface area contributed by atoms with E-state index in [0.29, 0.717) is 11.6 Å². The van der Waals surface area contributed by atoms with Crippen molar-refractivity contribution >= 4 is 25.8 Å². The molecule has 1 heterocycles. The number of carbonyl (C=O) groups excluding carboxylic acids is 1. The van der Waals surface area contributed by atoms with Crippen molar-refractivity contribution in [1.82, 2.24) is 4.90 Å². The van der Waals surface area contributed by atoms with Crippen molar-refractivity contribution in [2.24, 2.45) is 11.3 Å². The lowest BCUT2D eigenvalue weighted by molar-refractivity contribution is 0.00339. The van der Waals surface area contributed by atoms with E-state index in [0.717, 1.165) is 88.9 Å². The number of nitrogens with two attached hydrogens (primary N) is 1. The zero-order valence-corrected chi connectivity index (χ0v) is 28.4. The number of nitrogens with one attached hydrogen (secondary N) is 1. The minimum atomic E-state index is -1.70. The van der Waals surface area contributed by atoms with Gasteiger partial charge >= 0.3 is 6.09 Å². The van der Waals surface area contributed by atoms with Gasteiger partial charge in [0.05, 0.1) is 11.4 Å². The molecule has 1 aromatic rings. The molecule has 1 aliphatic carbocycles. The maximum absolute atomic E-state index is 15.1. The molecule has 0 bridgehead atoms. The van der Waals surface area contributed by atoms with E-state index >= 15 is 4.39 Å². The second-order valence-electron chi connectivity index (χ2n) is 15.4. The predicted molar refractivity (Wildman–Crippen MR) is 172 cm³/mol. The average Bonchev–Trinajstić information content (AvgIpc) is 2.85. The van der Waals surface area contributed by atoms with Gasteiger partial charge in [-0.25, -0.2) is 9.18 Å². The number of carbonyl (C=O) groups is 1. The van der Waals surface area contributed by atoms with Gasteiger partial charge in [-0.15, -0.1) is 0 Å². The number of amides is 1. The van der Waals surface area contributed by atoms with Crippen LogP contribution in [0.2, 0.25) is 18.1 Å². The van der Waals surface area contributed by atoms with Gasteiger partial charge in [0.2, 0.25) is 0 Å². The summed E-state index contributed by atoms with van der Waals surface area (Å²) in [5.74, 6) is 0.479. The van der Waals surface area contributed by atoms with Gasteiger partial charge in [-0.3, -0.25) is 0 Å². The molecule has 2 aliphatic rings. The third kappa shape index (κ3) is 9.34. The predicted octanol–water partition coefficient (Wildman–Crippen LogP) is 8.93. The highest BCUT2D eigenvalue weighted by atomic mass is 28.4. The zero-order chi connectivity index (χ0) is 30.6. The number of likely N-dealkylation sites (tertiary alicyclic amines) is 1. The van der Waals surface area contributed by atoms with Crippen LogP contribution in [0.4, 0.5) is 20.6 Å². The summed E-state index contributed by atoms with van der Waals surface area (Å²) in [6, 6.07) is 3.46. The molecule has 41 heavy (non-hydrogen) atoms. The fraction of sp³-hybridized carbons (Fsp3) is 0.788. The number of piperidine rings is 1. The lowest BCUT2D eigenvalue weighted by atomic mass is 9.64. The molecule has 1 saturated carbocycles. The Balaban J connectivity index is 1.49. The van der Waals surface area contributed by atoms with E-state index in [2.05, 4.69) is 46.1 Å². The zero-order valence-electron chi connectivity index (χ0n) is 27.4.